The zero-order chi connectivity index (χ0) is 17.3. The molecule has 126 valence electrons. The Balaban J connectivity index is 1.59. The Bertz CT molecular complexity index is 975. The number of benzene rings is 2. The molecule has 5 heteroatoms. The average molecular weight is 333 g/mol. The quantitative estimate of drug-likeness (QED) is 0.771. The number of aromatic amines is 1. The monoisotopic (exact) mass is 333 g/mol. The van der Waals surface area contributed by atoms with Crippen molar-refractivity contribution in [2.45, 2.75) is 24.7 Å². The van der Waals surface area contributed by atoms with Crippen LogP contribution in [0.1, 0.15) is 35.3 Å². The van der Waals surface area contributed by atoms with Gasteiger partial charge < -0.3 is 5.32 Å². The summed E-state index contributed by atoms with van der Waals surface area (Å²) in [5, 5.41) is 10.5. The highest BCUT2D eigenvalue weighted by molar-refractivity contribution is 6.04. The molecule has 0 unspecified atom stereocenters. The fraction of sp³-hybridized carbons (Fsp3) is 0.250. The molecule has 1 saturated carbocycles. The number of aromatic nitrogens is 2. The van der Waals surface area contributed by atoms with E-state index in [1.165, 1.54) is 12.0 Å². The number of hydrogen-bond acceptors (Lipinski definition) is 3. The Morgan fingerprint density at radius 3 is 2.40 bits per heavy atom. The van der Waals surface area contributed by atoms with Gasteiger partial charge in [-0.2, -0.15) is 5.10 Å². The maximum Gasteiger partial charge on any atom is 0.272 e. The third-order valence-corrected chi connectivity index (χ3v) is 5.20. The molecule has 5 nitrogen and oxygen atoms in total. The summed E-state index contributed by atoms with van der Waals surface area (Å²) in [4.78, 5) is 24.6. The number of amides is 1. The molecule has 2 aromatic carbocycles. The minimum atomic E-state index is -0.285. The van der Waals surface area contributed by atoms with Crippen LogP contribution in [0.15, 0.2) is 59.4 Å². The van der Waals surface area contributed by atoms with E-state index in [-0.39, 0.29) is 22.6 Å². The second-order valence-electron chi connectivity index (χ2n) is 6.63. The lowest BCUT2D eigenvalue weighted by Gasteiger charge is -2.42. The van der Waals surface area contributed by atoms with Gasteiger partial charge in [0.25, 0.3) is 11.5 Å². The van der Waals surface area contributed by atoms with E-state index in [9.17, 15) is 9.59 Å². The first kappa shape index (κ1) is 15.6. The molecule has 0 radical (unpaired) electrons. The van der Waals surface area contributed by atoms with Crippen LogP contribution < -0.4 is 10.9 Å². The molecule has 25 heavy (non-hydrogen) atoms. The van der Waals surface area contributed by atoms with Gasteiger partial charge in [-0.1, -0.05) is 55.0 Å². The van der Waals surface area contributed by atoms with Crippen LogP contribution in [-0.2, 0) is 5.41 Å². The number of rotatable bonds is 4. The summed E-state index contributed by atoms with van der Waals surface area (Å²) in [5.41, 5.74) is 1.25. The van der Waals surface area contributed by atoms with Gasteiger partial charge in [0.05, 0.1) is 5.39 Å². The summed E-state index contributed by atoms with van der Waals surface area (Å²) in [5.74, 6) is -0.255. The molecule has 4 rings (SSSR count). The van der Waals surface area contributed by atoms with Crippen molar-refractivity contribution in [3.05, 3.63) is 76.2 Å². The summed E-state index contributed by atoms with van der Waals surface area (Å²) < 4.78 is 0. The Labute approximate surface area is 145 Å². The third kappa shape index (κ3) is 2.71. The van der Waals surface area contributed by atoms with E-state index in [4.69, 9.17) is 0 Å². The van der Waals surface area contributed by atoms with Crippen molar-refractivity contribution in [3.63, 3.8) is 0 Å². The molecular weight excluding hydrogens is 314 g/mol. The van der Waals surface area contributed by atoms with Gasteiger partial charge in [0.1, 0.15) is 0 Å². The molecule has 0 bridgehead atoms. The maximum atomic E-state index is 12.7. The minimum Gasteiger partial charge on any atom is -0.350 e. The highest BCUT2D eigenvalue weighted by Gasteiger charge is 2.38. The van der Waals surface area contributed by atoms with Crippen molar-refractivity contribution in [2.75, 3.05) is 6.54 Å². The number of hydrogen-bond donors (Lipinski definition) is 2. The first-order valence-electron chi connectivity index (χ1n) is 8.51. The second-order valence-corrected chi connectivity index (χ2v) is 6.63. The fourth-order valence-corrected chi connectivity index (χ4v) is 3.58. The van der Waals surface area contributed by atoms with E-state index in [0.717, 1.165) is 12.8 Å². The van der Waals surface area contributed by atoms with Crippen LogP contribution in [0, 0.1) is 0 Å². The van der Waals surface area contributed by atoms with Crippen molar-refractivity contribution in [3.8, 4) is 0 Å². The van der Waals surface area contributed by atoms with Crippen LogP contribution >= 0.6 is 0 Å². The van der Waals surface area contributed by atoms with E-state index in [1.807, 2.05) is 18.2 Å². The number of H-pyrrole nitrogens is 1. The molecule has 3 aromatic rings. The molecule has 1 aliphatic rings. The highest BCUT2D eigenvalue weighted by Crippen LogP contribution is 2.43. The molecule has 1 fully saturated rings. The predicted molar refractivity (Wildman–Crippen MR) is 96.7 cm³/mol. The number of fused-ring (bicyclic) bond motifs is 1. The highest BCUT2D eigenvalue weighted by atomic mass is 16.2. The van der Waals surface area contributed by atoms with Gasteiger partial charge >= 0.3 is 0 Å². The van der Waals surface area contributed by atoms with Gasteiger partial charge in [0.15, 0.2) is 5.69 Å². The average Bonchev–Trinajstić information content (AvgIpc) is 2.62. The SMILES string of the molecule is O=C(NCC1(c2ccccc2)CCC1)c1n[nH]c(=O)c2ccccc12. The van der Waals surface area contributed by atoms with Crippen LogP contribution in [0.3, 0.4) is 0 Å². The van der Waals surface area contributed by atoms with E-state index in [1.54, 1.807) is 24.3 Å². The maximum absolute atomic E-state index is 12.7. The number of nitrogens with one attached hydrogen (secondary N) is 2. The molecule has 0 saturated heterocycles. The first-order chi connectivity index (χ1) is 12.2. The number of carbonyl (C=O) groups excluding carboxylic acids is 1. The summed E-state index contributed by atoms with van der Waals surface area (Å²) >= 11 is 0. The largest absolute Gasteiger partial charge is 0.350 e. The zero-order valence-corrected chi connectivity index (χ0v) is 13.8. The van der Waals surface area contributed by atoms with Gasteiger partial charge in [0, 0.05) is 17.3 Å². The van der Waals surface area contributed by atoms with Crippen LogP contribution in [0.4, 0.5) is 0 Å². The van der Waals surface area contributed by atoms with Gasteiger partial charge in [-0.05, 0) is 24.5 Å². The Hall–Kier alpha value is -2.95. The molecule has 0 atom stereocenters. The number of nitrogens with zero attached hydrogens (tertiary/aromatic N) is 1. The number of carbonyl (C=O) groups is 1. The van der Waals surface area contributed by atoms with Crippen molar-refractivity contribution >= 4 is 16.7 Å². The van der Waals surface area contributed by atoms with E-state index >= 15 is 0 Å². The smallest absolute Gasteiger partial charge is 0.272 e. The van der Waals surface area contributed by atoms with Crippen LogP contribution in [0.5, 0.6) is 0 Å². The zero-order valence-electron chi connectivity index (χ0n) is 13.8. The predicted octanol–water partition coefficient (Wildman–Crippen LogP) is 2.77. The van der Waals surface area contributed by atoms with Crippen molar-refractivity contribution in [1.29, 1.82) is 0 Å². The lowest BCUT2D eigenvalue weighted by Crippen LogP contribution is -2.45. The lowest BCUT2D eigenvalue weighted by molar-refractivity contribution is 0.0923. The van der Waals surface area contributed by atoms with E-state index in [0.29, 0.717) is 17.3 Å². The second kappa shape index (κ2) is 6.16. The summed E-state index contributed by atoms with van der Waals surface area (Å²) in [6, 6.07) is 17.4. The first-order valence-corrected chi connectivity index (χ1v) is 8.51. The van der Waals surface area contributed by atoms with Gasteiger partial charge in [0.2, 0.25) is 0 Å². The van der Waals surface area contributed by atoms with Crippen LogP contribution in [0.2, 0.25) is 0 Å². The van der Waals surface area contributed by atoms with Crippen molar-refractivity contribution < 1.29 is 4.79 Å². The molecule has 1 amide bonds. The van der Waals surface area contributed by atoms with Crippen molar-refractivity contribution in [1.82, 2.24) is 15.5 Å². The Kier molecular flexibility index (Phi) is 3.84. The summed E-state index contributed by atoms with van der Waals surface area (Å²) in [6.45, 7) is 0.574. The summed E-state index contributed by atoms with van der Waals surface area (Å²) in [6.07, 6.45) is 3.30. The molecular formula is C20H19N3O2. The van der Waals surface area contributed by atoms with Crippen molar-refractivity contribution in [2.24, 2.45) is 0 Å². The Morgan fingerprint density at radius 2 is 1.72 bits per heavy atom. The Morgan fingerprint density at radius 1 is 1.04 bits per heavy atom. The van der Waals surface area contributed by atoms with Gasteiger partial charge in [-0.25, -0.2) is 5.10 Å². The van der Waals surface area contributed by atoms with Gasteiger partial charge in [-0.15, -0.1) is 0 Å². The summed E-state index contributed by atoms with van der Waals surface area (Å²) in [7, 11) is 0. The van der Waals surface area contributed by atoms with E-state index in [2.05, 4.69) is 27.6 Å². The van der Waals surface area contributed by atoms with Crippen LogP contribution in [-0.4, -0.2) is 22.6 Å². The molecule has 1 aliphatic carbocycles. The lowest BCUT2D eigenvalue weighted by atomic mass is 9.64. The molecule has 1 aromatic heterocycles. The molecule has 2 N–H and O–H groups in total. The van der Waals surface area contributed by atoms with E-state index < -0.39 is 0 Å². The molecule has 0 aliphatic heterocycles. The standard InChI is InChI=1S/C20H19N3O2/c24-18-16-10-5-4-9-15(16)17(22-23-18)19(25)21-13-20(11-6-12-20)14-7-2-1-3-8-14/h1-5,7-10H,6,11-13H2,(H,21,25)(H,23,24). The van der Waals surface area contributed by atoms with Gasteiger partial charge in [-0.3, -0.25) is 9.59 Å². The van der Waals surface area contributed by atoms with Crippen LogP contribution in [0.25, 0.3) is 10.8 Å². The molecule has 1 heterocycles. The third-order valence-electron chi connectivity index (χ3n) is 5.20. The minimum absolute atomic E-state index is 0.00884. The topological polar surface area (TPSA) is 74.8 Å². The molecule has 0 spiro atoms. The normalized spacial score (nSPS) is 15.5. The fourth-order valence-electron chi connectivity index (χ4n) is 3.58.